The Bertz CT molecular complexity index is 407. The van der Waals surface area contributed by atoms with Crippen LogP contribution in [0.5, 0.6) is 11.5 Å². The lowest BCUT2D eigenvalue weighted by molar-refractivity contribution is 0.354. The summed E-state index contributed by atoms with van der Waals surface area (Å²) in [6.45, 7) is 0. The van der Waals surface area contributed by atoms with Crippen LogP contribution in [-0.4, -0.2) is 14.2 Å². The highest BCUT2D eigenvalue weighted by Crippen LogP contribution is 2.33. The van der Waals surface area contributed by atoms with E-state index in [0.717, 1.165) is 29.4 Å². The number of rotatable bonds is 6. The van der Waals surface area contributed by atoms with Crippen molar-refractivity contribution in [1.29, 1.82) is 0 Å². The van der Waals surface area contributed by atoms with Crippen molar-refractivity contribution in [2.24, 2.45) is 11.8 Å². The van der Waals surface area contributed by atoms with Gasteiger partial charge in [0.1, 0.15) is 11.5 Å². The van der Waals surface area contributed by atoms with Crippen LogP contribution in [0.3, 0.4) is 0 Å². The second-order valence-electron chi connectivity index (χ2n) is 5.96. The van der Waals surface area contributed by atoms with Crippen molar-refractivity contribution in [3.05, 3.63) is 23.8 Å². The lowest BCUT2D eigenvalue weighted by atomic mass is 9.89. The first-order valence-corrected chi connectivity index (χ1v) is 7.96. The SMILES string of the molecule is COc1cc(OC)cc(C(CC2CCCCCC2)NN)c1. The molecule has 2 rings (SSSR count). The molecule has 0 heterocycles. The fourth-order valence-corrected chi connectivity index (χ4v) is 3.26. The van der Waals surface area contributed by atoms with Gasteiger partial charge in [0.25, 0.3) is 0 Å². The molecular weight excluding hydrogens is 264 g/mol. The minimum atomic E-state index is 0.150. The van der Waals surface area contributed by atoms with Gasteiger partial charge in [-0.2, -0.15) is 0 Å². The molecule has 1 saturated carbocycles. The highest BCUT2D eigenvalue weighted by atomic mass is 16.5. The highest BCUT2D eigenvalue weighted by Gasteiger charge is 2.19. The van der Waals surface area contributed by atoms with Gasteiger partial charge in [-0.1, -0.05) is 38.5 Å². The van der Waals surface area contributed by atoms with Gasteiger partial charge in [0.15, 0.2) is 0 Å². The molecule has 0 radical (unpaired) electrons. The van der Waals surface area contributed by atoms with Crippen molar-refractivity contribution in [2.75, 3.05) is 14.2 Å². The maximum absolute atomic E-state index is 5.81. The van der Waals surface area contributed by atoms with Gasteiger partial charge < -0.3 is 9.47 Å². The molecule has 1 atom stereocenters. The third kappa shape index (κ3) is 4.61. The number of hydrogen-bond acceptors (Lipinski definition) is 4. The predicted molar refractivity (Wildman–Crippen MR) is 85.4 cm³/mol. The average Bonchev–Trinajstić information content (AvgIpc) is 2.80. The van der Waals surface area contributed by atoms with E-state index in [1.807, 2.05) is 18.2 Å². The molecule has 0 aliphatic heterocycles. The molecule has 1 aromatic rings. The van der Waals surface area contributed by atoms with Crippen molar-refractivity contribution in [3.8, 4) is 11.5 Å². The van der Waals surface area contributed by atoms with E-state index in [1.165, 1.54) is 38.5 Å². The topological polar surface area (TPSA) is 56.5 Å². The molecule has 0 saturated heterocycles. The van der Waals surface area contributed by atoms with E-state index in [2.05, 4.69) is 5.43 Å². The van der Waals surface area contributed by atoms with Crippen LogP contribution < -0.4 is 20.7 Å². The van der Waals surface area contributed by atoms with Crippen molar-refractivity contribution in [2.45, 2.75) is 51.0 Å². The van der Waals surface area contributed by atoms with E-state index >= 15 is 0 Å². The van der Waals surface area contributed by atoms with Gasteiger partial charge in [-0.05, 0) is 30.0 Å². The van der Waals surface area contributed by atoms with Crippen LogP contribution in [0.15, 0.2) is 18.2 Å². The molecule has 4 heteroatoms. The largest absolute Gasteiger partial charge is 0.497 e. The summed E-state index contributed by atoms with van der Waals surface area (Å²) >= 11 is 0. The molecule has 1 aromatic carbocycles. The highest BCUT2D eigenvalue weighted by molar-refractivity contribution is 5.39. The summed E-state index contributed by atoms with van der Waals surface area (Å²) in [6.07, 6.45) is 9.17. The molecule has 1 unspecified atom stereocenters. The number of hydrazine groups is 1. The molecule has 1 fully saturated rings. The standard InChI is InChI=1S/C17H28N2O2/c1-20-15-10-14(11-16(12-15)21-2)17(19-18)9-13-7-5-3-4-6-8-13/h10-13,17,19H,3-9,18H2,1-2H3. The minimum Gasteiger partial charge on any atom is -0.497 e. The van der Waals surface area contributed by atoms with Gasteiger partial charge in [-0.15, -0.1) is 0 Å². The zero-order chi connectivity index (χ0) is 15.1. The normalized spacial score (nSPS) is 18.0. The fraction of sp³-hybridized carbons (Fsp3) is 0.647. The van der Waals surface area contributed by atoms with E-state index in [1.54, 1.807) is 14.2 Å². The van der Waals surface area contributed by atoms with Crippen LogP contribution in [-0.2, 0) is 0 Å². The predicted octanol–water partition coefficient (Wildman–Crippen LogP) is 3.57. The Balaban J connectivity index is 2.11. The Labute approximate surface area is 128 Å². The summed E-state index contributed by atoms with van der Waals surface area (Å²) in [5.74, 6) is 8.19. The van der Waals surface area contributed by atoms with Gasteiger partial charge in [0, 0.05) is 12.1 Å². The summed E-state index contributed by atoms with van der Waals surface area (Å²) in [5, 5.41) is 0. The van der Waals surface area contributed by atoms with E-state index < -0.39 is 0 Å². The Morgan fingerprint density at radius 3 is 2.10 bits per heavy atom. The van der Waals surface area contributed by atoms with E-state index in [-0.39, 0.29) is 6.04 Å². The molecule has 118 valence electrons. The second kappa shape index (κ2) is 8.25. The first kappa shape index (κ1) is 16.1. The molecule has 3 N–H and O–H groups in total. The molecule has 1 aliphatic rings. The van der Waals surface area contributed by atoms with Gasteiger partial charge in [-0.25, -0.2) is 0 Å². The van der Waals surface area contributed by atoms with Crippen LogP contribution in [0, 0.1) is 5.92 Å². The summed E-state index contributed by atoms with van der Waals surface area (Å²) < 4.78 is 10.7. The maximum Gasteiger partial charge on any atom is 0.122 e. The molecular formula is C17H28N2O2. The molecule has 1 aliphatic carbocycles. The van der Waals surface area contributed by atoms with Crippen molar-refractivity contribution in [3.63, 3.8) is 0 Å². The van der Waals surface area contributed by atoms with Crippen LogP contribution in [0.25, 0.3) is 0 Å². The molecule has 21 heavy (non-hydrogen) atoms. The van der Waals surface area contributed by atoms with Crippen LogP contribution in [0.4, 0.5) is 0 Å². The molecule has 0 bridgehead atoms. The summed E-state index contributed by atoms with van der Waals surface area (Å²) in [5.41, 5.74) is 4.11. The number of nitrogens with one attached hydrogen (secondary N) is 1. The third-order valence-corrected chi connectivity index (χ3v) is 4.52. The lowest BCUT2D eigenvalue weighted by Gasteiger charge is -2.23. The van der Waals surface area contributed by atoms with Crippen molar-refractivity contribution < 1.29 is 9.47 Å². The summed E-state index contributed by atoms with van der Waals surface area (Å²) in [7, 11) is 3.35. The minimum absolute atomic E-state index is 0.150. The number of ether oxygens (including phenoxy) is 2. The maximum atomic E-state index is 5.81. The molecule has 0 spiro atoms. The first-order chi connectivity index (χ1) is 10.3. The number of methoxy groups -OCH3 is 2. The van der Waals surface area contributed by atoms with Crippen molar-refractivity contribution >= 4 is 0 Å². The second-order valence-corrected chi connectivity index (χ2v) is 5.96. The monoisotopic (exact) mass is 292 g/mol. The van der Waals surface area contributed by atoms with E-state index in [9.17, 15) is 0 Å². The van der Waals surface area contributed by atoms with Crippen molar-refractivity contribution in [1.82, 2.24) is 5.43 Å². The Morgan fingerprint density at radius 2 is 1.62 bits per heavy atom. The lowest BCUT2D eigenvalue weighted by Crippen LogP contribution is -2.29. The van der Waals surface area contributed by atoms with Gasteiger partial charge in [0.2, 0.25) is 0 Å². The van der Waals surface area contributed by atoms with E-state index in [4.69, 9.17) is 15.3 Å². The average molecular weight is 292 g/mol. The van der Waals surface area contributed by atoms with E-state index in [0.29, 0.717) is 0 Å². The number of hydrogen-bond donors (Lipinski definition) is 2. The summed E-state index contributed by atoms with van der Waals surface area (Å²) in [6, 6.07) is 6.13. The first-order valence-electron chi connectivity index (χ1n) is 7.96. The van der Waals surface area contributed by atoms with Gasteiger partial charge in [0.05, 0.1) is 14.2 Å². The smallest absolute Gasteiger partial charge is 0.122 e. The molecule has 4 nitrogen and oxygen atoms in total. The number of nitrogens with two attached hydrogens (primary N) is 1. The third-order valence-electron chi connectivity index (χ3n) is 4.52. The van der Waals surface area contributed by atoms with Gasteiger partial charge in [-0.3, -0.25) is 11.3 Å². The Kier molecular flexibility index (Phi) is 6.33. The quantitative estimate of drug-likeness (QED) is 0.478. The Hall–Kier alpha value is -1.26. The zero-order valence-electron chi connectivity index (χ0n) is 13.2. The van der Waals surface area contributed by atoms with Gasteiger partial charge >= 0.3 is 0 Å². The molecule has 0 amide bonds. The van der Waals surface area contributed by atoms with Crippen LogP contribution >= 0.6 is 0 Å². The van der Waals surface area contributed by atoms with Crippen LogP contribution in [0.2, 0.25) is 0 Å². The fourth-order valence-electron chi connectivity index (χ4n) is 3.26. The molecule has 0 aromatic heterocycles. The zero-order valence-corrected chi connectivity index (χ0v) is 13.2. The number of benzene rings is 1. The Morgan fingerprint density at radius 1 is 1.05 bits per heavy atom. The van der Waals surface area contributed by atoms with Crippen LogP contribution in [0.1, 0.15) is 56.6 Å². The summed E-state index contributed by atoms with van der Waals surface area (Å²) in [4.78, 5) is 0.